The van der Waals surface area contributed by atoms with Gasteiger partial charge in [-0.25, -0.2) is 4.98 Å². The Balaban J connectivity index is 1.65. The first-order valence-electron chi connectivity index (χ1n) is 6.84. The number of aromatic nitrogens is 1. The van der Waals surface area contributed by atoms with Crippen LogP contribution in [0.3, 0.4) is 0 Å². The molecule has 1 aromatic heterocycles. The van der Waals surface area contributed by atoms with E-state index in [1.807, 2.05) is 0 Å². The zero-order valence-corrected chi connectivity index (χ0v) is 11.4. The van der Waals surface area contributed by atoms with Crippen molar-refractivity contribution in [3.63, 3.8) is 0 Å². The van der Waals surface area contributed by atoms with Crippen molar-refractivity contribution in [2.24, 2.45) is 0 Å². The largest absolute Gasteiger partial charge is 0.378 e. The highest BCUT2D eigenvalue weighted by molar-refractivity contribution is 5.43. The van der Waals surface area contributed by atoms with Crippen molar-refractivity contribution < 1.29 is 9.66 Å². The van der Waals surface area contributed by atoms with E-state index in [0.29, 0.717) is 12.1 Å². The van der Waals surface area contributed by atoms with Gasteiger partial charge in [0.25, 0.3) is 5.69 Å². The maximum absolute atomic E-state index is 10.6. The SMILES string of the molecule is CC1CN(c2ccc([N+](=O)[O-])cn2)CCN1C1COC1. The predicted octanol–water partition coefficient (Wildman–Crippen LogP) is 0.899. The van der Waals surface area contributed by atoms with Crippen LogP contribution in [0, 0.1) is 10.1 Å². The number of hydrogen-bond acceptors (Lipinski definition) is 6. The van der Waals surface area contributed by atoms with E-state index < -0.39 is 4.92 Å². The zero-order chi connectivity index (χ0) is 14.1. The lowest BCUT2D eigenvalue weighted by atomic mass is 10.1. The van der Waals surface area contributed by atoms with Crippen LogP contribution in [0.15, 0.2) is 18.3 Å². The molecule has 20 heavy (non-hydrogen) atoms. The smallest absolute Gasteiger partial charge is 0.287 e. The van der Waals surface area contributed by atoms with Crippen molar-refractivity contribution in [1.82, 2.24) is 9.88 Å². The number of pyridine rings is 1. The maximum Gasteiger partial charge on any atom is 0.287 e. The summed E-state index contributed by atoms with van der Waals surface area (Å²) in [5.74, 6) is 0.812. The third-order valence-electron chi connectivity index (χ3n) is 4.04. The molecule has 2 fully saturated rings. The fourth-order valence-corrected chi connectivity index (χ4v) is 2.81. The molecule has 1 unspecified atom stereocenters. The monoisotopic (exact) mass is 278 g/mol. The number of rotatable bonds is 3. The van der Waals surface area contributed by atoms with Crippen LogP contribution in [0.5, 0.6) is 0 Å². The number of anilines is 1. The number of hydrogen-bond donors (Lipinski definition) is 0. The molecule has 0 radical (unpaired) electrons. The summed E-state index contributed by atoms with van der Waals surface area (Å²) in [7, 11) is 0. The lowest BCUT2D eigenvalue weighted by molar-refractivity contribution is -0.385. The van der Waals surface area contributed by atoms with Crippen LogP contribution in [0.2, 0.25) is 0 Å². The molecular formula is C13H18N4O3. The molecule has 108 valence electrons. The molecule has 0 aromatic carbocycles. The second-order valence-electron chi connectivity index (χ2n) is 5.36. The Labute approximate surface area is 117 Å². The second-order valence-corrected chi connectivity index (χ2v) is 5.36. The minimum atomic E-state index is -0.423. The summed E-state index contributed by atoms with van der Waals surface area (Å²) < 4.78 is 5.25. The van der Waals surface area contributed by atoms with E-state index in [1.165, 1.54) is 12.3 Å². The Kier molecular flexibility index (Phi) is 3.54. The van der Waals surface area contributed by atoms with Crippen LogP contribution in [0.4, 0.5) is 11.5 Å². The Morgan fingerprint density at radius 2 is 2.20 bits per heavy atom. The molecule has 1 aromatic rings. The summed E-state index contributed by atoms with van der Waals surface area (Å²) in [4.78, 5) is 19.1. The highest BCUT2D eigenvalue weighted by Gasteiger charge is 2.33. The van der Waals surface area contributed by atoms with E-state index in [4.69, 9.17) is 4.74 Å². The van der Waals surface area contributed by atoms with Crippen molar-refractivity contribution in [1.29, 1.82) is 0 Å². The molecule has 2 aliphatic rings. The summed E-state index contributed by atoms with van der Waals surface area (Å²) in [6, 6.07) is 4.23. The van der Waals surface area contributed by atoms with Crippen molar-refractivity contribution >= 4 is 11.5 Å². The Morgan fingerprint density at radius 3 is 2.70 bits per heavy atom. The number of piperazine rings is 1. The van der Waals surface area contributed by atoms with Gasteiger partial charge in [-0.15, -0.1) is 0 Å². The normalized spacial score (nSPS) is 24.4. The molecule has 2 saturated heterocycles. The highest BCUT2D eigenvalue weighted by Crippen LogP contribution is 2.22. The molecule has 0 N–H and O–H groups in total. The Hall–Kier alpha value is -1.73. The van der Waals surface area contributed by atoms with Crippen molar-refractivity contribution in [2.75, 3.05) is 37.7 Å². The van der Waals surface area contributed by atoms with E-state index in [2.05, 4.69) is 21.7 Å². The first kappa shape index (κ1) is 13.3. The second kappa shape index (κ2) is 5.34. The fourth-order valence-electron chi connectivity index (χ4n) is 2.81. The molecule has 0 spiro atoms. The third kappa shape index (κ3) is 2.46. The lowest BCUT2D eigenvalue weighted by Gasteiger charge is -2.46. The van der Waals surface area contributed by atoms with Crippen LogP contribution in [-0.4, -0.2) is 59.7 Å². The zero-order valence-electron chi connectivity index (χ0n) is 11.4. The van der Waals surface area contributed by atoms with Gasteiger partial charge in [-0.1, -0.05) is 0 Å². The van der Waals surface area contributed by atoms with Crippen LogP contribution >= 0.6 is 0 Å². The highest BCUT2D eigenvalue weighted by atomic mass is 16.6. The maximum atomic E-state index is 10.6. The third-order valence-corrected chi connectivity index (χ3v) is 4.04. The molecule has 3 heterocycles. The van der Waals surface area contributed by atoms with Gasteiger partial charge in [0, 0.05) is 31.7 Å². The Bertz CT molecular complexity index is 489. The summed E-state index contributed by atoms with van der Waals surface area (Å²) in [5, 5.41) is 10.6. The minimum absolute atomic E-state index is 0.0343. The first-order chi connectivity index (χ1) is 9.65. The predicted molar refractivity (Wildman–Crippen MR) is 73.9 cm³/mol. The van der Waals surface area contributed by atoms with Crippen molar-refractivity contribution in [3.8, 4) is 0 Å². The van der Waals surface area contributed by atoms with Gasteiger partial charge in [0.15, 0.2) is 0 Å². The van der Waals surface area contributed by atoms with Crippen LogP contribution < -0.4 is 4.90 Å². The summed E-state index contributed by atoms with van der Waals surface area (Å²) in [6.07, 6.45) is 1.33. The van der Waals surface area contributed by atoms with E-state index in [9.17, 15) is 10.1 Å². The van der Waals surface area contributed by atoms with Gasteiger partial charge in [0.2, 0.25) is 0 Å². The van der Waals surface area contributed by atoms with Gasteiger partial charge >= 0.3 is 0 Å². The average Bonchev–Trinajstić information content (AvgIpc) is 2.39. The van der Waals surface area contributed by atoms with Crippen LogP contribution in [0.25, 0.3) is 0 Å². The number of ether oxygens (including phenoxy) is 1. The standard InChI is InChI=1S/C13H18N4O3/c1-10-7-15(4-5-16(10)12-8-20-9-12)13-3-2-11(6-14-13)17(18)19/h2-3,6,10,12H,4-5,7-9H2,1H3. The molecule has 0 aliphatic carbocycles. The van der Waals surface area contributed by atoms with Gasteiger partial charge in [-0.2, -0.15) is 0 Å². The fraction of sp³-hybridized carbons (Fsp3) is 0.615. The minimum Gasteiger partial charge on any atom is -0.378 e. The van der Waals surface area contributed by atoms with Gasteiger partial charge < -0.3 is 9.64 Å². The van der Waals surface area contributed by atoms with Crippen molar-refractivity contribution in [2.45, 2.75) is 19.0 Å². The van der Waals surface area contributed by atoms with Gasteiger partial charge in [-0.3, -0.25) is 15.0 Å². The van der Waals surface area contributed by atoms with Crippen LogP contribution in [-0.2, 0) is 4.74 Å². The van der Waals surface area contributed by atoms with Gasteiger partial charge in [0.1, 0.15) is 12.0 Å². The quantitative estimate of drug-likeness (QED) is 0.604. The van der Waals surface area contributed by atoms with E-state index in [-0.39, 0.29) is 5.69 Å². The van der Waals surface area contributed by atoms with Gasteiger partial charge in [-0.05, 0) is 13.0 Å². The summed E-state index contributed by atoms with van der Waals surface area (Å²) in [6.45, 7) is 6.64. The average molecular weight is 278 g/mol. The molecule has 0 amide bonds. The van der Waals surface area contributed by atoms with Crippen LogP contribution in [0.1, 0.15) is 6.92 Å². The molecule has 7 nitrogen and oxygen atoms in total. The van der Waals surface area contributed by atoms with Crippen molar-refractivity contribution in [3.05, 3.63) is 28.4 Å². The topological polar surface area (TPSA) is 71.7 Å². The molecular weight excluding hydrogens is 260 g/mol. The van der Waals surface area contributed by atoms with E-state index in [1.54, 1.807) is 6.07 Å². The molecule has 0 saturated carbocycles. The number of nitro groups is 1. The van der Waals surface area contributed by atoms with Gasteiger partial charge in [0.05, 0.1) is 24.2 Å². The molecule has 3 rings (SSSR count). The number of nitrogens with zero attached hydrogens (tertiary/aromatic N) is 4. The molecule has 1 atom stereocenters. The van der Waals surface area contributed by atoms with E-state index >= 15 is 0 Å². The van der Waals surface area contributed by atoms with E-state index in [0.717, 1.165) is 38.7 Å². The lowest BCUT2D eigenvalue weighted by Crippen LogP contribution is -2.60. The molecule has 0 bridgehead atoms. The first-order valence-corrected chi connectivity index (χ1v) is 6.84. The Morgan fingerprint density at radius 1 is 1.40 bits per heavy atom. The summed E-state index contributed by atoms with van der Waals surface area (Å²) >= 11 is 0. The molecule has 7 heteroatoms. The molecule has 2 aliphatic heterocycles. The summed E-state index contributed by atoms with van der Waals surface area (Å²) in [5.41, 5.74) is 0.0343.